The van der Waals surface area contributed by atoms with Gasteiger partial charge in [0, 0.05) is 12.6 Å². The van der Waals surface area contributed by atoms with Crippen molar-refractivity contribution in [3.05, 3.63) is 42.5 Å². The van der Waals surface area contributed by atoms with Gasteiger partial charge < -0.3 is 15.2 Å². The normalized spacial score (nSPS) is 11.7. The molecule has 0 aliphatic rings. The molecule has 7 heteroatoms. The van der Waals surface area contributed by atoms with Gasteiger partial charge in [-0.2, -0.15) is 0 Å². The molecule has 0 unspecified atom stereocenters. The number of hydrogen-bond donors (Lipinski definition) is 2. The van der Waals surface area contributed by atoms with Crippen LogP contribution in [0.4, 0.5) is 0 Å². The molecular weight excluding hydrogens is 284 g/mol. The van der Waals surface area contributed by atoms with Crippen molar-refractivity contribution in [2.45, 2.75) is 6.92 Å². The summed E-state index contributed by atoms with van der Waals surface area (Å²) >= 11 is 0. The molecule has 0 aromatic heterocycles. The molecule has 118 valence electrons. The molecule has 0 bridgehead atoms. The highest BCUT2D eigenvalue weighted by molar-refractivity contribution is 5.96. The fourth-order valence-electron chi connectivity index (χ4n) is 1.30. The van der Waals surface area contributed by atoms with Gasteiger partial charge in [-0.3, -0.25) is 5.32 Å². The van der Waals surface area contributed by atoms with Gasteiger partial charge in [-0.05, 0) is 19.1 Å². The average molecular weight is 304 g/mol. The van der Waals surface area contributed by atoms with E-state index in [0.29, 0.717) is 11.3 Å². The second kappa shape index (κ2) is 9.17. The Balaban J connectivity index is 2.41. The molecule has 0 spiro atoms. The SMILES string of the molecule is C=C(C)C(=O)OCCN=C(N)NC(=NC)Oc1ccccc1. The molecule has 0 fully saturated rings. The van der Waals surface area contributed by atoms with Gasteiger partial charge in [-0.15, -0.1) is 0 Å². The minimum atomic E-state index is -0.454. The van der Waals surface area contributed by atoms with Crippen LogP contribution in [0.3, 0.4) is 0 Å². The van der Waals surface area contributed by atoms with Crippen molar-refractivity contribution >= 4 is 18.0 Å². The summed E-state index contributed by atoms with van der Waals surface area (Å²) in [6.45, 7) is 5.40. The number of carbonyl (C=O) groups is 1. The van der Waals surface area contributed by atoms with Gasteiger partial charge in [0.15, 0.2) is 5.96 Å². The van der Waals surface area contributed by atoms with Crippen molar-refractivity contribution in [1.29, 1.82) is 0 Å². The number of guanidine groups is 1. The summed E-state index contributed by atoms with van der Waals surface area (Å²) in [5, 5.41) is 2.72. The van der Waals surface area contributed by atoms with Crippen LogP contribution in [0.2, 0.25) is 0 Å². The van der Waals surface area contributed by atoms with E-state index in [4.69, 9.17) is 15.2 Å². The van der Waals surface area contributed by atoms with Gasteiger partial charge in [0.05, 0.1) is 6.54 Å². The smallest absolute Gasteiger partial charge is 0.333 e. The van der Waals surface area contributed by atoms with Gasteiger partial charge in [0.25, 0.3) is 6.02 Å². The van der Waals surface area contributed by atoms with E-state index >= 15 is 0 Å². The lowest BCUT2D eigenvalue weighted by molar-refractivity contribution is -0.138. The van der Waals surface area contributed by atoms with Crippen molar-refractivity contribution in [3.63, 3.8) is 0 Å². The third kappa shape index (κ3) is 6.56. The minimum Gasteiger partial charge on any atom is -0.460 e. The molecule has 22 heavy (non-hydrogen) atoms. The number of nitrogens with two attached hydrogens (primary N) is 1. The van der Waals surface area contributed by atoms with Crippen LogP contribution in [0.15, 0.2) is 52.5 Å². The first-order chi connectivity index (χ1) is 10.5. The number of aliphatic imine (C=N–C) groups is 2. The quantitative estimate of drug-likeness (QED) is 0.279. The lowest BCUT2D eigenvalue weighted by atomic mass is 10.3. The van der Waals surface area contributed by atoms with E-state index in [-0.39, 0.29) is 25.1 Å². The van der Waals surface area contributed by atoms with Crippen LogP contribution in [0.25, 0.3) is 0 Å². The molecule has 0 atom stereocenters. The maximum atomic E-state index is 11.2. The van der Waals surface area contributed by atoms with Crippen LogP contribution < -0.4 is 15.8 Å². The van der Waals surface area contributed by atoms with Crippen molar-refractivity contribution < 1.29 is 14.3 Å². The van der Waals surface area contributed by atoms with Gasteiger partial charge in [0.1, 0.15) is 12.4 Å². The van der Waals surface area contributed by atoms with Crippen LogP contribution in [0, 0.1) is 0 Å². The monoisotopic (exact) mass is 304 g/mol. The fourth-order valence-corrected chi connectivity index (χ4v) is 1.30. The molecule has 0 saturated heterocycles. The zero-order chi connectivity index (χ0) is 16.4. The molecule has 1 aromatic carbocycles. The van der Waals surface area contributed by atoms with Crippen molar-refractivity contribution in [2.24, 2.45) is 15.7 Å². The van der Waals surface area contributed by atoms with E-state index in [0.717, 1.165) is 0 Å². The van der Waals surface area contributed by atoms with E-state index in [1.807, 2.05) is 18.2 Å². The molecular formula is C15H20N4O3. The highest BCUT2D eigenvalue weighted by Gasteiger charge is 2.04. The number of esters is 1. The number of nitrogens with zero attached hydrogens (tertiary/aromatic N) is 2. The number of carbonyl (C=O) groups excluding carboxylic acids is 1. The zero-order valence-corrected chi connectivity index (χ0v) is 12.7. The average Bonchev–Trinajstić information content (AvgIpc) is 2.51. The molecule has 0 heterocycles. The summed E-state index contributed by atoms with van der Waals surface area (Å²) in [7, 11) is 1.56. The lowest BCUT2D eigenvalue weighted by Crippen LogP contribution is -2.40. The molecule has 7 nitrogen and oxygen atoms in total. The number of hydrogen-bond acceptors (Lipinski definition) is 5. The van der Waals surface area contributed by atoms with E-state index in [2.05, 4.69) is 21.9 Å². The van der Waals surface area contributed by atoms with Gasteiger partial charge >= 0.3 is 5.97 Å². The van der Waals surface area contributed by atoms with Gasteiger partial charge in [0.2, 0.25) is 0 Å². The van der Waals surface area contributed by atoms with Gasteiger partial charge in [-0.25, -0.2) is 14.8 Å². The lowest BCUT2D eigenvalue weighted by Gasteiger charge is -2.10. The Kier molecular flexibility index (Phi) is 7.18. The highest BCUT2D eigenvalue weighted by atomic mass is 16.5. The van der Waals surface area contributed by atoms with Crippen molar-refractivity contribution in [2.75, 3.05) is 20.2 Å². The predicted octanol–water partition coefficient (Wildman–Crippen LogP) is 1.07. The number of ether oxygens (including phenoxy) is 2. The summed E-state index contributed by atoms with van der Waals surface area (Å²) in [5.41, 5.74) is 6.04. The summed E-state index contributed by atoms with van der Waals surface area (Å²) in [6.07, 6.45) is 0. The van der Waals surface area contributed by atoms with Gasteiger partial charge in [-0.1, -0.05) is 24.8 Å². The number of para-hydroxylation sites is 1. The molecule has 0 radical (unpaired) electrons. The molecule has 0 saturated carbocycles. The van der Waals surface area contributed by atoms with Crippen LogP contribution in [-0.4, -0.2) is 38.1 Å². The molecule has 0 aliphatic carbocycles. The second-order valence-electron chi connectivity index (χ2n) is 4.25. The highest BCUT2D eigenvalue weighted by Crippen LogP contribution is 2.07. The molecule has 1 rings (SSSR count). The number of amidine groups is 1. The first kappa shape index (κ1) is 17.2. The largest absolute Gasteiger partial charge is 0.460 e. The molecule has 3 N–H and O–H groups in total. The van der Waals surface area contributed by atoms with E-state index < -0.39 is 5.97 Å². The third-order valence-corrected chi connectivity index (χ3v) is 2.35. The van der Waals surface area contributed by atoms with E-state index in [9.17, 15) is 4.79 Å². The topological polar surface area (TPSA) is 98.3 Å². The van der Waals surface area contributed by atoms with Crippen LogP contribution in [0.5, 0.6) is 5.75 Å². The van der Waals surface area contributed by atoms with Crippen LogP contribution in [0.1, 0.15) is 6.92 Å². The summed E-state index contributed by atoms with van der Waals surface area (Å²) in [4.78, 5) is 19.1. The Bertz CT molecular complexity index is 567. The van der Waals surface area contributed by atoms with Crippen molar-refractivity contribution in [1.82, 2.24) is 5.32 Å². The third-order valence-electron chi connectivity index (χ3n) is 2.35. The van der Waals surface area contributed by atoms with Crippen LogP contribution in [-0.2, 0) is 9.53 Å². The fraction of sp³-hybridized carbons (Fsp3) is 0.267. The number of benzene rings is 1. The Morgan fingerprint density at radius 3 is 2.64 bits per heavy atom. The first-order valence-corrected chi connectivity index (χ1v) is 6.62. The van der Waals surface area contributed by atoms with Crippen molar-refractivity contribution in [3.8, 4) is 5.75 Å². The zero-order valence-electron chi connectivity index (χ0n) is 12.7. The summed E-state index contributed by atoms with van der Waals surface area (Å²) in [5.74, 6) is 0.284. The molecule has 0 amide bonds. The minimum absolute atomic E-state index is 0.114. The summed E-state index contributed by atoms with van der Waals surface area (Å²) in [6, 6.07) is 9.36. The van der Waals surface area contributed by atoms with E-state index in [1.54, 1.807) is 26.1 Å². The van der Waals surface area contributed by atoms with E-state index in [1.165, 1.54) is 0 Å². The van der Waals surface area contributed by atoms with Crippen LogP contribution >= 0.6 is 0 Å². The molecule has 0 aliphatic heterocycles. The second-order valence-corrected chi connectivity index (χ2v) is 4.25. The maximum absolute atomic E-state index is 11.2. The summed E-state index contributed by atoms with van der Waals surface area (Å²) < 4.78 is 10.4. The predicted molar refractivity (Wildman–Crippen MR) is 85.8 cm³/mol. The standard InChI is InChI=1S/C15H20N4O3/c1-11(2)13(20)21-10-9-18-14(16)19-15(17-3)22-12-7-5-4-6-8-12/h4-8H,1,9-10H2,2-3H3,(H3,16,17,18,19). The first-order valence-electron chi connectivity index (χ1n) is 6.62. The Labute approximate surface area is 129 Å². The molecule has 1 aromatic rings. The Morgan fingerprint density at radius 1 is 1.36 bits per heavy atom. The maximum Gasteiger partial charge on any atom is 0.333 e. The number of nitrogens with one attached hydrogen (secondary N) is 1. The Hall–Kier alpha value is -2.83. The number of rotatable bonds is 5. The Morgan fingerprint density at radius 2 is 2.05 bits per heavy atom.